The summed E-state index contributed by atoms with van der Waals surface area (Å²) in [7, 11) is -7.62. The van der Waals surface area contributed by atoms with E-state index in [-0.39, 0.29) is 28.6 Å². The maximum Gasteiger partial charge on any atom is 0.289 e. The number of sulfone groups is 1. The summed E-state index contributed by atoms with van der Waals surface area (Å²) < 4.78 is 50.6. The highest BCUT2D eigenvalue weighted by Crippen LogP contribution is 2.30. The highest BCUT2D eigenvalue weighted by Gasteiger charge is 2.32. The van der Waals surface area contributed by atoms with Crippen molar-refractivity contribution in [2.45, 2.75) is 17.4 Å². The minimum absolute atomic E-state index is 0.0485. The second kappa shape index (κ2) is 8.81. The number of carbonyl (C=O) groups is 1. The fourth-order valence-corrected chi connectivity index (χ4v) is 6.44. The number of hydrogen-bond acceptors (Lipinski definition) is 7. The van der Waals surface area contributed by atoms with Gasteiger partial charge < -0.3 is 5.32 Å². The zero-order valence-corrected chi connectivity index (χ0v) is 18.4. The molecule has 31 heavy (non-hydrogen) atoms. The standard InChI is InChI=1S/C18H18ClN3O7S2/c19-16-7-6-15(10-17(16)22(24)25)31(28,29)21(14-4-2-1-3-5-14)11-18(23)20-13-8-9-30(26,27)12-13/h1-7,10,13H,8-9,11-12H2,(H,20,23). The van der Waals surface area contributed by atoms with Crippen molar-refractivity contribution in [3.8, 4) is 0 Å². The van der Waals surface area contributed by atoms with Gasteiger partial charge in [-0.15, -0.1) is 0 Å². The van der Waals surface area contributed by atoms with Crippen LogP contribution in [0.15, 0.2) is 53.4 Å². The maximum absolute atomic E-state index is 13.3. The zero-order chi connectivity index (χ0) is 22.8. The third kappa shape index (κ3) is 5.32. The maximum atomic E-state index is 13.3. The molecule has 166 valence electrons. The van der Waals surface area contributed by atoms with Gasteiger partial charge >= 0.3 is 0 Å². The Balaban J connectivity index is 1.93. The molecule has 0 radical (unpaired) electrons. The number of nitrogens with one attached hydrogen (secondary N) is 1. The molecule has 13 heteroatoms. The van der Waals surface area contributed by atoms with Crippen LogP contribution in [0.25, 0.3) is 0 Å². The molecule has 0 bridgehead atoms. The molecule has 1 heterocycles. The van der Waals surface area contributed by atoms with Gasteiger partial charge in [0.05, 0.1) is 27.0 Å². The van der Waals surface area contributed by atoms with Crippen LogP contribution in [-0.2, 0) is 24.7 Å². The lowest BCUT2D eigenvalue weighted by Crippen LogP contribution is -2.44. The van der Waals surface area contributed by atoms with E-state index in [0.29, 0.717) is 0 Å². The Morgan fingerprint density at radius 1 is 1.23 bits per heavy atom. The Morgan fingerprint density at radius 3 is 2.48 bits per heavy atom. The number of rotatable bonds is 7. The highest BCUT2D eigenvalue weighted by atomic mass is 35.5. The van der Waals surface area contributed by atoms with Gasteiger partial charge in [0.25, 0.3) is 15.7 Å². The van der Waals surface area contributed by atoms with E-state index in [1.54, 1.807) is 18.2 Å². The molecule has 0 aliphatic carbocycles. The Morgan fingerprint density at radius 2 is 1.90 bits per heavy atom. The van der Waals surface area contributed by atoms with Gasteiger partial charge in [0, 0.05) is 12.1 Å². The van der Waals surface area contributed by atoms with E-state index in [9.17, 15) is 31.7 Å². The lowest BCUT2D eigenvalue weighted by atomic mass is 10.2. The summed E-state index contributed by atoms with van der Waals surface area (Å²) in [4.78, 5) is 22.5. The Kier molecular flexibility index (Phi) is 6.53. The minimum Gasteiger partial charge on any atom is -0.351 e. The van der Waals surface area contributed by atoms with Crippen LogP contribution in [0.2, 0.25) is 5.02 Å². The molecule has 0 spiro atoms. The van der Waals surface area contributed by atoms with Gasteiger partial charge in [0.15, 0.2) is 9.84 Å². The lowest BCUT2D eigenvalue weighted by molar-refractivity contribution is -0.384. The van der Waals surface area contributed by atoms with Crippen LogP contribution in [-0.4, -0.2) is 51.8 Å². The quantitative estimate of drug-likeness (QED) is 0.462. The normalized spacial score (nSPS) is 17.8. The van der Waals surface area contributed by atoms with Crippen molar-refractivity contribution in [2.75, 3.05) is 22.4 Å². The molecule has 3 rings (SSSR count). The Hall–Kier alpha value is -2.70. The zero-order valence-electron chi connectivity index (χ0n) is 16.0. The second-order valence-electron chi connectivity index (χ2n) is 6.89. The van der Waals surface area contributed by atoms with E-state index in [1.807, 2.05) is 0 Å². The first-order valence-electron chi connectivity index (χ1n) is 9.01. The number of amides is 1. The molecule has 0 aromatic heterocycles. The molecule has 1 amide bonds. The number of anilines is 1. The Labute approximate surface area is 183 Å². The van der Waals surface area contributed by atoms with E-state index in [2.05, 4.69) is 5.32 Å². The molecule has 0 saturated carbocycles. The summed E-state index contributed by atoms with van der Waals surface area (Å²) in [5, 5.41) is 13.5. The molecule has 2 aromatic rings. The van der Waals surface area contributed by atoms with Crippen molar-refractivity contribution >= 4 is 48.7 Å². The number of nitro groups is 1. The number of hydrogen-bond donors (Lipinski definition) is 1. The van der Waals surface area contributed by atoms with E-state index >= 15 is 0 Å². The van der Waals surface area contributed by atoms with Crippen molar-refractivity contribution in [3.63, 3.8) is 0 Å². The fraction of sp³-hybridized carbons (Fsp3) is 0.278. The van der Waals surface area contributed by atoms with Crippen molar-refractivity contribution < 1.29 is 26.6 Å². The molecule has 1 atom stereocenters. The smallest absolute Gasteiger partial charge is 0.289 e. The summed E-state index contributed by atoms with van der Waals surface area (Å²) in [5.41, 5.74) is -0.425. The SMILES string of the molecule is O=C(CN(c1ccccc1)S(=O)(=O)c1ccc(Cl)c([N+](=O)[O-])c1)NC1CCS(=O)(=O)C1. The van der Waals surface area contributed by atoms with E-state index in [4.69, 9.17) is 11.6 Å². The average molecular weight is 488 g/mol. The number of nitrogens with zero attached hydrogens (tertiary/aromatic N) is 2. The van der Waals surface area contributed by atoms with Crippen LogP contribution in [0.1, 0.15) is 6.42 Å². The molecule has 1 fully saturated rings. The molecular weight excluding hydrogens is 470 g/mol. The van der Waals surface area contributed by atoms with Gasteiger partial charge in [-0.3, -0.25) is 19.2 Å². The highest BCUT2D eigenvalue weighted by molar-refractivity contribution is 7.93. The first-order chi connectivity index (χ1) is 14.5. The van der Waals surface area contributed by atoms with Gasteiger partial charge in [-0.25, -0.2) is 16.8 Å². The summed E-state index contributed by atoms with van der Waals surface area (Å²) >= 11 is 5.78. The summed E-state index contributed by atoms with van der Waals surface area (Å²) in [5.74, 6) is -0.953. The topological polar surface area (TPSA) is 144 Å². The first kappa shape index (κ1) is 23.0. The van der Waals surface area contributed by atoms with Crippen LogP contribution >= 0.6 is 11.6 Å². The van der Waals surface area contributed by atoms with Crippen molar-refractivity contribution in [3.05, 3.63) is 63.7 Å². The number of carbonyl (C=O) groups excluding carboxylic acids is 1. The predicted octanol–water partition coefficient (Wildman–Crippen LogP) is 1.75. The van der Waals surface area contributed by atoms with Crippen LogP contribution in [0.5, 0.6) is 0 Å². The Bertz CT molecular complexity index is 1220. The molecular formula is C18H18ClN3O7S2. The largest absolute Gasteiger partial charge is 0.351 e. The monoisotopic (exact) mass is 487 g/mol. The molecule has 2 aromatic carbocycles. The molecule has 1 aliphatic heterocycles. The van der Waals surface area contributed by atoms with E-state index < -0.39 is 53.9 Å². The molecule has 1 saturated heterocycles. The first-order valence-corrected chi connectivity index (χ1v) is 12.6. The second-order valence-corrected chi connectivity index (χ2v) is 11.4. The fourth-order valence-electron chi connectivity index (χ4n) is 3.14. The van der Waals surface area contributed by atoms with Crippen LogP contribution in [0.4, 0.5) is 11.4 Å². The van der Waals surface area contributed by atoms with Gasteiger partial charge in [-0.2, -0.15) is 0 Å². The van der Waals surface area contributed by atoms with Crippen molar-refractivity contribution in [2.24, 2.45) is 0 Å². The summed E-state index contributed by atoms with van der Waals surface area (Å²) in [6.07, 6.45) is 0.246. The van der Waals surface area contributed by atoms with Crippen LogP contribution in [0.3, 0.4) is 0 Å². The number of para-hydroxylation sites is 1. The van der Waals surface area contributed by atoms with Crippen molar-refractivity contribution in [1.29, 1.82) is 0 Å². The molecule has 1 aliphatic rings. The minimum atomic E-state index is -4.39. The number of nitro benzene ring substituents is 1. The lowest BCUT2D eigenvalue weighted by Gasteiger charge is -2.24. The van der Waals surface area contributed by atoms with E-state index in [1.165, 1.54) is 12.1 Å². The number of sulfonamides is 1. The third-order valence-electron chi connectivity index (χ3n) is 4.63. The third-order valence-corrected chi connectivity index (χ3v) is 8.49. The summed E-state index contributed by atoms with van der Waals surface area (Å²) in [6, 6.07) is 10.2. The molecule has 1 unspecified atom stereocenters. The van der Waals surface area contributed by atoms with Gasteiger partial charge in [0.2, 0.25) is 5.91 Å². The van der Waals surface area contributed by atoms with E-state index in [0.717, 1.165) is 22.5 Å². The van der Waals surface area contributed by atoms with Crippen molar-refractivity contribution in [1.82, 2.24) is 5.32 Å². The molecule has 10 nitrogen and oxygen atoms in total. The van der Waals surface area contributed by atoms with Crippen LogP contribution in [0, 0.1) is 10.1 Å². The predicted molar refractivity (Wildman–Crippen MR) is 114 cm³/mol. The molecule has 1 N–H and O–H groups in total. The van der Waals surface area contributed by atoms with Gasteiger partial charge in [-0.05, 0) is 30.7 Å². The number of halogens is 1. The van der Waals surface area contributed by atoms with Crippen LogP contribution < -0.4 is 9.62 Å². The average Bonchev–Trinajstić information content (AvgIpc) is 3.04. The van der Waals surface area contributed by atoms with Gasteiger partial charge in [-0.1, -0.05) is 29.8 Å². The summed E-state index contributed by atoms with van der Waals surface area (Å²) in [6.45, 7) is -0.640. The van der Waals surface area contributed by atoms with Gasteiger partial charge in [0.1, 0.15) is 11.6 Å². The number of benzene rings is 2.